The summed E-state index contributed by atoms with van der Waals surface area (Å²) in [6, 6.07) is 4.08. The standard InChI is InChI=1S/C12H22N4S/c1-4-7-13-10-11-5-6-12(15-14-11)16(2)8-9-17-3/h5-6,13H,4,7-10H2,1-3H3. The molecule has 0 aromatic carbocycles. The predicted molar refractivity (Wildman–Crippen MR) is 75.7 cm³/mol. The second-order valence-corrected chi connectivity index (χ2v) is 4.96. The topological polar surface area (TPSA) is 41.0 Å². The van der Waals surface area contributed by atoms with E-state index in [0.717, 1.165) is 43.3 Å². The lowest BCUT2D eigenvalue weighted by atomic mass is 10.3. The van der Waals surface area contributed by atoms with Crippen LogP contribution in [0.2, 0.25) is 0 Å². The minimum Gasteiger partial charge on any atom is -0.357 e. The van der Waals surface area contributed by atoms with Gasteiger partial charge in [0, 0.05) is 25.9 Å². The molecule has 17 heavy (non-hydrogen) atoms. The molecule has 1 aromatic rings. The maximum Gasteiger partial charge on any atom is 0.151 e. The quantitative estimate of drug-likeness (QED) is 0.716. The Labute approximate surface area is 108 Å². The molecule has 0 unspecified atom stereocenters. The average Bonchev–Trinajstić information content (AvgIpc) is 2.37. The average molecular weight is 254 g/mol. The molecule has 0 saturated carbocycles. The van der Waals surface area contributed by atoms with Gasteiger partial charge in [-0.25, -0.2) is 0 Å². The van der Waals surface area contributed by atoms with Gasteiger partial charge in [-0.2, -0.15) is 16.9 Å². The summed E-state index contributed by atoms with van der Waals surface area (Å²) < 4.78 is 0. The van der Waals surface area contributed by atoms with Gasteiger partial charge in [-0.1, -0.05) is 6.92 Å². The van der Waals surface area contributed by atoms with Crippen LogP contribution in [0.15, 0.2) is 12.1 Å². The third-order valence-corrected chi connectivity index (χ3v) is 3.05. The van der Waals surface area contributed by atoms with Crippen LogP contribution in [0.1, 0.15) is 19.0 Å². The first kappa shape index (κ1) is 14.3. The molecule has 0 bridgehead atoms. The van der Waals surface area contributed by atoms with E-state index in [4.69, 9.17) is 0 Å². The van der Waals surface area contributed by atoms with Gasteiger partial charge in [0.15, 0.2) is 5.82 Å². The van der Waals surface area contributed by atoms with Gasteiger partial charge < -0.3 is 10.2 Å². The number of rotatable bonds is 8. The smallest absolute Gasteiger partial charge is 0.151 e. The fraction of sp³-hybridized carbons (Fsp3) is 0.667. The summed E-state index contributed by atoms with van der Waals surface area (Å²) in [5.41, 5.74) is 1.00. The monoisotopic (exact) mass is 254 g/mol. The summed E-state index contributed by atoms with van der Waals surface area (Å²) >= 11 is 1.84. The Bertz CT molecular complexity index is 302. The lowest BCUT2D eigenvalue weighted by molar-refractivity contribution is 0.656. The van der Waals surface area contributed by atoms with Crippen molar-refractivity contribution in [2.24, 2.45) is 0 Å². The highest BCUT2D eigenvalue weighted by atomic mass is 32.2. The molecule has 1 rings (SSSR count). The number of nitrogens with one attached hydrogen (secondary N) is 1. The molecule has 5 heteroatoms. The van der Waals surface area contributed by atoms with Gasteiger partial charge in [-0.3, -0.25) is 0 Å². The van der Waals surface area contributed by atoms with Crippen molar-refractivity contribution in [2.45, 2.75) is 19.9 Å². The van der Waals surface area contributed by atoms with E-state index in [9.17, 15) is 0 Å². The zero-order chi connectivity index (χ0) is 12.5. The fourth-order valence-corrected chi connectivity index (χ4v) is 1.84. The van der Waals surface area contributed by atoms with Gasteiger partial charge in [0.2, 0.25) is 0 Å². The van der Waals surface area contributed by atoms with Crippen molar-refractivity contribution in [1.82, 2.24) is 15.5 Å². The maximum atomic E-state index is 4.24. The molecule has 1 N–H and O–H groups in total. The molecular weight excluding hydrogens is 232 g/mol. The molecule has 0 amide bonds. The molecular formula is C12H22N4S. The lowest BCUT2D eigenvalue weighted by Gasteiger charge is -2.16. The number of aromatic nitrogens is 2. The van der Waals surface area contributed by atoms with Crippen LogP contribution in [0.5, 0.6) is 0 Å². The molecule has 1 aromatic heterocycles. The van der Waals surface area contributed by atoms with Crippen LogP contribution < -0.4 is 10.2 Å². The first-order valence-electron chi connectivity index (χ1n) is 6.01. The summed E-state index contributed by atoms with van der Waals surface area (Å²) in [5, 5.41) is 11.8. The predicted octanol–water partition coefficient (Wildman–Crippen LogP) is 1.78. The van der Waals surface area contributed by atoms with Crippen molar-refractivity contribution in [2.75, 3.05) is 37.0 Å². The summed E-state index contributed by atoms with van der Waals surface area (Å²) in [7, 11) is 2.05. The van der Waals surface area contributed by atoms with Gasteiger partial charge in [0.25, 0.3) is 0 Å². The summed E-state index contributed by atoms with van der Waals surface area (Å²) in [5.74, 6) is 2.05. The Balaban J connectivity index is 2.43. The number of hydrogen-bond donors (Lipinski definition) is 1. The van der Waals surface area contributed by atoms with Gasteiger partial charge >= 0.3 is 0 Å². The van der Waals surface area contributed by atoms with Crippen molar-refractivity contribution in [3.8, 4) is 0 Å². The minimum atomic E-state index is 0.801. The summed E-state index contributed by atoms with van der Waals surface area (Å²) in [4.78, 5) is 2.13. The van der Waals surface area contributed by atoms with E-state index >= 15 is 0 Å². The molecule has 0 aliphatic carbocycles. The Kier molecular flexibility index (Phi) is 6.96. The normalized spacial score (nSPS) is 10.5. The molecule has 1 heterocycles. The molecule has 0 aliphatic heterocycles. The Morgan fingerprint density at radius 2 is 2.18 bits per heavy atom. The Hall–Kier alpha value is -0.810. The third-order valence-electron chi connectivity index (χ3n) is 2.46. The SMILES string of the molecule is CCCNCc1ccc(N(C)CCSC)nn1. The highest BCUT2D eigenvalue weighted by Crippen LogP contribution is 2.08. The van der Waals surface area contributed by atoms with Crippen LogP contribution in [0.25, 0.3) is 0 Å². The zero-order valence-electron chi connectivity index (χ0n) is 10.9. The van der Waals surface area contributed by atoms with Crippen molar-refractivity contribution in [3.05, 3.63) is 17.8 Å². The van der Waals surface area contributed by atoms with Crippen molar-refractivity contribution in [3.63, 3.8) is 0 Å². The molecule has 0 atom stereocenters. The fourth-order valence-electron chi connectivity index (χ4n) is 1.39. The number of thioether (sulfide) groups is 1. The summed E-state index contributed by atoms with van der Waals surface area (Å²) in [6.07, 6.45) is 3.25. The second-order valence-electron chi connectivity index (χ2n) is 3.97. The molecule has 0 saturated heterocycles. The van der Waals surface area contributed by atoms with Crippen LogP contribution in [-0.4, -0.2) is 42.3 Å². The maximum absolute atomic E-state index is 4.24. The Morgan fingerprint density at radius 3 is 2.76 bits per heavy atom. The van der Waals surface area contributed by atoms with Gasteiger partial charge in [-0.15, -0.1) is 5.10 Å². The molecule has 96 valence electrons. The number of hydrogen-bond acceptors (Lipinski definition) is 5. The number of anilines is 1. The van der Waals surface area contributed by atoms with Gasteiger partial charge in [0.05, 0.1) is 5.69 Å². The largest absolute Gasteiger partial charge is 0.357 e. The molecule has 4 nitrogen and oxygen atoms in total. The molecule has 0 spiro atoms. The molecule has 0 fully saturated rings. The van der Waals surface area contributed by atoms with E-state index in [1.54, 1.807) is 0 Å². The van der Waals surface area contributed by atoms with Crippen LogP contribution in [0, 0.1) is 0 Å². The van der Waals surface area contributed by atoms with Crippen LogP contribution in [0.3, 0.4) is 0 Å². The van der Waals surface area contributed by atoms with Crippen molar-refractivity contribution < 1.29 is 0 Å². The van der Waals surface area contributed by atoms with E-state index in [1.165, 1.54) is 0 Å². The highest BCUT2D eigenvalue weighted by Gasteiger charge is 2.02. The van der Waals surface area contributed by atoms with E-state index in [0.29, 0.717) is 0 Å². The van der Waals surface area contributed by atoms with E-state index in [2.05, 4.69) is 40.6 Å². The van der Waals surface area contributed by atoms with Crippen molar-refractivity contribution >= 4 is 17.6 Å². The highest BCUT2D eigenvalue weighted by molar-refractivity contribution is 7.98. The minimum absolute atomic E-state index is 0.801. The van der Waals surface area contributed by atoms with E-state index < -0.39 is 0 Å². The Morgan fingerprint density at radius 1 is 1.35 bits per heavy atom. The van der Waals surface area contributed by atoms with Gasteiger partial charge in [-0.05, 0) is 31.4 Å². The zero-order valence-corrected chi connectivity index (χ0v) is 11.8. The molecule has 0 radical (unpaired) electrons. The van der Waals surface area contributed by atoms with Crippen LogP contribution in [-0.2, 0) is 6.54 Å². The van der Waals surface area contributed by atoms with E-state index in [1.807, 2.05) is 23.9 Å². The van der Waals surface area contributed by atoms with Crippen molar-refractivity contribution in [1.29, 1.82) is 0 Å². The van der Waals surface area contributed by atoms with Crippen LogP contribution in [0.4, 0.5) is 5.82 Å². The number of nitrogens with zero attached hydrogens (tertiary/aromatic N) is 3. The van der Waals surface area contributed by atoms with E-state index in [-0.39, 0.29) is 0 Å². The third kappa shape index (κ3) is 5.37. The lowest BCUT2D eigenvalue weighted by Crippen LogP contribution is -2.22. The molecule has 0 aliphatic rings. The second kappa shape index (κ2) is 8.31. The first-order valence-corrected chi connectivity index (χ1v) is 7.40. The summed E-state index contributed by atoms with van der Waals surface area (Å²) in [6.45, 7) is 4.98. The van der Waals surface area contributed by atoms with Gasteiger partial charge in [0.1, 0.15) is 0 Å². The first-order chi connectivity index (χ1) is 8.27. The van der Waals surface area contributed by atoms with Crippen LogP contribution >= 0.6 is 11.8 Å².